The smallest absolute Gasteiger partial charge is 0.389 e. The minimum atomic E-state index is -4.90. The maximum absolute atomic E-state index is 13.4. The first-order valence-corrected chi connectivity index (χ1v) is 8.06. The van der Waals surface area contributed by atoms with Gasteiger partial charge >= 0.3 is 13.5 Å². The molecule has 1 aromatic heterocycles. The fourth-order valence-corrected chi connectivity index (χ4v) is 2.84. The van der Waals surface area contributed by atoms with Gasteiger partial charge in [-0.1, -0.05) is 6.92 Å². The molecular weight excluding hydrogens is 338 g/mol. The average molecular weight is 354 g/mol. The van der Waals surface area contributed by atoms with Gasteiger partial charge in [-0.25, -0.2) is 13.8 Å². The molecule has 130 valence electrons. The SMILES string of the molecule is C[C@@H]1[C@H](n2ccc(=O)[nH]c2=O)O[C@](CF)(COP(=O)(O)O)[C@H]1O. The molecule has 1 saturated heterocycles. The molecule has 1 aromatic rings. The number of hydrogen-bond donors (Lipinski definition) is 4. The van der Waals surface area contributed by atoms with E-state index in [1.165, 1.54) is 6.92 Å². The fourth-order valence-electron chi connectivity index (χ4n) is 2.45. The molecule has 10 nitrogen and oxygen atoms in total. The number of aromatic amines is 1. The summed E-state index contributed by atoms with van der Waals surface area (Å²) in [5, 5.41) is 10.2. The maximum Gasteiger partial charge on any atom is 0.469 e. The summed E-state index contributed by atoms with van der Waals surface area (Å²) in [4.78, 5) is 42.3. The zero-order chi connectivity index (χ0) is 17.4. The minimum absolute atomic E-state index is 0.640. The fraction of sp³-hybridized carbons (Fsp3) is 0.636. The summed E-state index contributed by atoms with van der Waals surface area (Å²) in [5.41, 5.74) is -3.51. The molecule has 1 aliphatic rings. The third-order valence-corrected chi connectivity index (χ3v) is 4.14. The van der Waals surface area contributed by atoms with Gasteiger partial charge in [0.15, 0.2) is 0 Å². The Morgan fingerprint density at radius 1 is 1.52 bits per heavy atom. The van der Waals surface area contributed by atoms with Crippen molar-refractivity contribution in [1.82, 2.24) is 9.55 Å². The van der Waals surface area contributed by atoms with Crippen LogP contribution in [0.4, 0.5) is 4.39 Å². The van der Waals surface area contributed by atoms with Crippen LogP contribution in [0.3, 0.4) is 0 Å². The lowest BCUT2D eigenvalue weighted by atomic mass is 9.92. The average Bonchev–Trinajstić information content (AvgIpc) is 2.70. The number of nitrogens with zero attached hydrogens (tertiary/aromatic N) is 1. The van der Waals surface area contributed by atoms with E-state index < -0.39 is 56.2 Å². The highest BCUT2D eigenvalue weighted by molar-refractivity contribution is 7.46. The van der Waals surface area contributed by atoms with Gasteiger partial charge in [0.2, 0.25) is 0 Å². The van der Waals surface area contributed by atoms with Crippen LogP contribution in [0.5, 0.6) is 0 Å². The molecule has 0 saturated carbocycles. The highest BCUT2D eigenvalue weighted by Crippen LogP contribution is 2.45. The molecule has 12 heteroatoms. The molecule has 2 heterocycles. The predicted octanol–water partition coefficient (Wildman–Crippen LogP) is -1.12. The Morgan fingerprint density at radius 3 is 2.70 bits per heavy atom. The number of phosphoric acid groups is 1. The number of ether oxygens (including phenoxy) is 1. The van der Waals surface area contributed by atoms with Gasteiger partial charge in [-0.05, 0) is 0 Å². The molecule has 0 unspecified atom stereocenters. The van der Waals surface area contributed by atoms with E-state index in [9.17, 15) is 23.7 Å². The Hall–Kier alpha value is -1.36. The van der Waals surface area contributed by atoms with E-state index in [0.717, 1.165) is 16.8 Å². The molecule has 23 heavy (non-hydrogen) atoms. The van der Waals surface area contributed by atoms with E-state index in [4.69, 9.17) is 14.5 Å². The number of rotatable bonds is 5. The van der Waals surface area contributed by atoms with Crippen LogP contribution in [-0.2, 0) is 13.8 Å². The van der Waals surface area contributed by atoms with Crippen LogP contribution in [0.1, 0.15) is 13.2 Å². The van der Waals surface area contributed by atoms with Crippen molar-refractivity contribution in [2.45, 2.75) is 24.9 Å². The van der Waals surface area contributed by atoms with Crippen molar-refractivity contribution >= 4 is 7.82 Å². The quantitative estimate of drug-likeness (QED) is 0.486. The van der Waals surface area contributed by atoms with E-state index in [0.29, 0.717) is 0 Å². The van der Waals surface area contributed by atoms with Gasteiger partial charge in [-0.2, -0.15) is 0 Å². The summed E-state index contributed by atoms with van der Waals surface area (Å²) in [7, 11) is -4.90. The Kier molecular flexibility index (Phi) is 4.90. The number of aliphatic hydroxyl groups excluding tert-OH is 1. The van der Waals surface area contributed by atoms with E-state index in [1.54, 1.807) is 0 Å². The number of aliphatic hydroxyl groups is 1. The number of phosphoric ester groups is 1. The van der Waals surface area contributed by atoms with Gasteiger partial charge in [-0.3, -0.25) is 18.9 Å². The summed E-state index contributed by atoms with van der Waals surface area (Å²) in [5.74, 6) is -0.810. The minimum Gasteiger partial charge on any atom is -0.389 e. The molecule has 0 aliphatic carbocycles. The van der Waals surface area contributed by atoms with Crippen molar-refractivity contribution in [2.24, 2.45) is 5.92 Å². The summed E-state index contributed by atoms with van der Waals surface area (Å²) < 4.78 is 34.8. The van der Waals surface area contributed by atoms with E-state index >= 15 is 0 Å². The summed E-state index contributed by atoms with van der Waals surface area (Å²) in [6, 6.07) is 1.05. The molecule has 0 spiro atoms. The van der Waals surface area contributed by atoms with Crippen LogP contribution in [0.15, 0.2) is 21.9 Å². The first kappa shape index (κ1) is 18.0. The van der Waals surface area contributed by atoms with Gasteiger partial charge in [0.25, 0.3) is 5.56 Å². The normalized spacial score (nSPS) is 31.4. The number of halogens is 1. The van der Waals surface area contributed by atoms with Crippen molar-refractivity contribution in [3.63, 3.8) is 0 Å². The third-order valence-electron chi connectivity index (χ3n) is 3.67. The number of aromatic nitrogens is 2. The van der Waals surface area contributed by atoms with Crippen molar-refractivity contribution in [3.8, 4) is 0 Å². The molecule has 0 amide bonds. The molecule has 0 bridgehead atoms. The van der Waals surface area contributed by atoms with E-state index in [-0.39, 0.29) is 0 Å². The van der Waals surface area contributed by atoms with E-state index in [1.807, 2.05) is 4.98 Å². The lowest BCUT2D eigenvalue weighted by Gasteiger charge is -2.29. The lowest BCUT2D eigenvalue weighted by Crippen LogP contribution is -2.47. The second-order valence-corrected chi connectivity index (χ2v) is 6.53. The van der Waals surface area contributed by atoms with Crippen molar-refractivity contribution in [3.05, 3.63) is 33.1 Å². The zero-order valence-corrected chi connectivity index (χ0v) is 12.9. The van der Waals surface area contributed by atoms with Gasteiger partial charge in [0, 0.05) is 18.2 Å². The third kappa shape index (κ3) is 3.60. The van der Waals surface area contributed by atoms with Crippen LogP contribution in [-0.4, -0.2) is 49.4 Å². The van der Waals surface area contributed by atoms with Gasteiger partial charge in [-0.15, -0.1) is 0 Å². The second-order valence-electron chi connectivity index (χ2n) is 5.29. The first-order valence-electron chi connectivity index (χ1n) is 6.53. The molecular formula is C11H16FN2O8P. The highest BCUT2D eigenvalue weighted by atomic mass is 31.2. The molecule has 1 aliphatic heterocycles. The summed E-state index contributed by atoms with van der Waals surface area (Å²) in [6.45, 7) is -0.747. The molecule has 2 rings (SSSR count). The largest absolute Gasteiger partial charge is 0.469 e. The van der Waals surface area contributed by atoms with Crippen LogP contribution in [0.2, 0.25) is 0 Å². The van der Waals surface area contributed by atoms with Crippen LogP contribution in [0.25, 0.3) is 0 Å². The van der Waals surface area contributed by atoms with Gasteiger partial charge in [0.05, 0.1) is 12.7 Å². The van der Waals surface area contributed by atoms with Crippen molar-refractivity contribution in [1.29, 1.82) is 0 Å². The van der Waals surface area contributed by atoms with Crippen molar-refractivity contribution < 1.29 is 33.1 Å². The maximum atomic E-state index is 13.4. The van der Waals surface area contributed by atoms with E-state index in [2.05, 4.69) is 4.52 Å². The number of nitrogens with one attached hydrogen (secondary N) is 1. The predicted molar refractivity (Wildman–Crippen MR) is 73.3 cm³/mol. The topological polar surface area (TPSA) is 151 Å². The standard InChI is InChI=1S/C11H16FN2O8P/c1-6-8(16)11(4-12,5-21-23(18,19)20)22-9(6)14-3-2-7(15)13-10(14)17/h2-3,6,8-9,16H,4-5H2,1H3,(H,13,15,17)(H2,18,19,20)/t6-,8-,9+,11+/m0/s1. The Bertz CT molecular complexity index is 729. The molecule has 4 atom stereocenters. The highest BCUT2D eigenvalue weighted by Gasteiger charge is 2.55. The van der Waals surface area contributed by atoms with Crippen LogP contribution < -0.4 is 11.2 Å². The summed E-state index contributed by atoms with van der Waals surface area (Å²) >= 11 is 0. The second kappa shape index (κ2) is 6.27. The first-order chi connectivity index (χ1) is 10.6. The van der Waals surface area contributed by atoms with Gasteiger partial charge in [0.1, 0.15) is 18.5 Å². The number of H-pyrrole nitrogens is 1. The number of hydrogen-bond acceptors (Lipinski definition) is 6. The molecule has 0 aromatic carbocycles. The lowest BCUT2D eigenvalue weighted by molar-refractivity contribution is -0.136. The zero-order valence-electron chi connectivity index (χ0n) is 12.0. The monoisotopic (exact) mass is 354 g/mol. The molecule has 4 N–H and O–H groups in total. The van der Waals surface area contributed by atoms with Crippen LogP contribution in [0, 0.1) is 5.92 Å². The number of alkyl halides is 1. The Balaban J connectivity index is 2.33. The Morgan fingerprint density at radius 2 is 2.17 bits per heavy atom. The Labute approximate surface area is 128 Å². The van der Waals surface area contributed by atoms with Crippen molar-refractivity contribution in [2.75, 3.05) is 13.3 Å². The van der Waals surface area contributed by atoms with Crippen LogP contribution >= 0.6 is 7.82 Å². The summed E-state index contributed by atoms with van der Waals surface area (Å²) in [6.07, 6.45) is -1.53. The van der Waals surface area contributed by atoms with Gasteiger partial charge < -0.3 is 19.6 Å². The molecule has 0 radical (unpaired) electrons. The molecule has 1 fully saturated rings.